The zero-order valence-corrected chi connectivity index (χ0v) is 18.8. The Morgan fingerprint density at radius 3 is 2.35 bits per heavy atom. The molecule has 0 fully saturated rings. The van der Waals surface area contributed by atoms with Crippen LogP contribution < -0.4 is 5.32 Å². The van der Waals surface area contributed by atoms with Gasteiger partial charge in [-0.2, -0.15) is 0 Å². The first-order valence-electron chi connectivity index (χ1n) is 8.73. The summed E-state index contributed by atoms with van der Waals surface area (Å²) in [6.07, 6.45) is 3.08. The second-order valence-corrected chi connectivity index (χ2v) is 6.70. The Bertz CT molecular complexity index is 666. The van der Waals surface area contributed by atoms with Gasteiger partial charge in [0.15, 0.2) is 5.96 Å². The SMILES string of the molecule is CN=C(NCC(Cc1ccccc1)N(C)C)N(C)Cc1cccn1C.I. The molecule has 6 heteroatoms. The molecule has 0 saturated carbocycles. The van der Waals surface area contributed by atoms with E-state index >= 15 is 0 Å². The van der Waals surface area contributed by atoms with E-state index in [4.69, 9.17) is 0 Å². The summed E-state index contributed by atoms with van der Waals surface area (Å²) in [4.78, 5) is 8.87. The predicted octanol–water partition coefficient (Wildman–Crippen LogP) is 2.82. The number of likely N-dealkylation sites (N-methyl/N-ethyl adjacent to an activating group) is 1. The van der Waals surface area contributed by atoms with Crippen molar-refractivity contribution in [1.29, 1.82) is 0 Å². The van der Waals surface area contributed by atoms with Gasteiger partial charge in [-0.3, -0.25) is 4.99 Å². The Morgan fingerprint density at radius 2 is 1.81 bits per heavy atom. The lowest BCUT2D eigenvalue weighted by atomic mass is 10.1. The van der Waals surface area contributed by atoms with Crippen molar-refractivity contribution in [3.05, 3.63) is 59.9 Å². The molecule has 0 amide bonds. The van der Waals surface area contributed by atoms with E-state index in [1.807, 2.05) is 7.05 Å². The molecule has 1 atom stereocenters. The summed E-state index contributed by atoms with van der Waals surface area (Å²) in [7, 11) is 10.2. The fourth-order valence-electron chi connectivity index (χ4n) is 2.90. The van der Waals surface area contributed by atoms with Gasteiger partial charge in [-0.15, -0.1) is 24.0 Å². The molecule has 1 aromatic carbocycles. The molecular formula is C20H32IN5. The summed E-state index contributed by atoms with van der Waals surface area (Å²) in [6.45, 7) is 1.68. The number of guanidine groups is 1. The number of aliphatic imine (C=N–C) groups is 1. The van der Waals surface area contributed by atoms with Gasteiger partial charge in [-0.25, -0.2) is 0 Å². The molecule has 5 nitrogen and oxygen atoms in total. The van der Waals surface area contributed by atoms with Crippen LogP contribution in [0.1, 0.15) is 11.3 Å². The van der Waals surface area contributed by atoms with E-state index in [9.17, 15) is 0 Å². The van der Waals surface area contributed by atoms with Gasteiger partial charge in [0.05, 0.1) is 6.54 Å². The molecule has 1 unspecified atom stereocenters. The number of aromatic nitrogens is 1. The van der Waals surface area contributed by atoms with Gasteiger partial charge in [0.2, 0.25) is 0 Å². The van der Waals surface area contributed by atoms with Gasteiger partial charge in [0, 0.05) is 45.6 Å². The summed E-state index contributed by atoms with van der Waals surface area (Å²) >= 11 is 0. The van der Waals surface area contributed by atoms with Crippen molar-refractivity contribution in [3.8, 4) is 0 Å². The highest BCUT2D eigenvalue weighted by Crippen LogP contribution is 2.07. The van der Waals surface area contributed by atoms with E-state index < -0.39 is 0 Å². The number of benzene rings is 1. The average Bonchev–Trinajstić information content (AvgIpc) is 3.00. The molecule has 1 aromatic heterocycles. The van der Waals surface area contributed by atoms with Gasteiger partial charge < -0.3 is 19.7 Å². The zero-order valence-electron chi connectivity index (χ0n) is 16.5. The Balaban J connectivity index is 0.00000338. The van der Waals surface area contributed by atoms with E-state index in [1.54, 1.807) is 0 Å². The van der Waals surface area contributed by atoms with Crippen molar-refractivity contribution >= 4 is 29.9 Å². The van der Waals surface area contributed by atoms with E-state index in [0.717, 1.165) is 25.5 Å². The molecule has 0 radical (unpaired) electrons. The first-order chi connectivity index (χ1) is 12.0. The second kappa shape index (κ2) is 11.2. The fraction of sp³-hybridized carbons (Fsp3) is 0.450. The van der Waals surface area contributed by atoms with Crippen molar-refractivity contribution in [1.82, 2.24) is 19.7 Å². The van der Waals surface area contributed by atoms with Crippen LogP contribution in [0.3, 0.4) is 0 Å². The maximum atomic E-state index is 4.44. The number of halogens is 1. The minimum absolute atomic E-state index is 0. The van der Waals surface area contributed by atoms with Crippen molar-refractivity contribution < 1.29 is 0 Å². The topological polar surface area (TPSA) is 35.8 Å². The van der Waals surface area contributed by atoms with Crippen LogP contribution in [-0.2, 0) is 20.0 Å². The highest BCUT2D eigenvalue weighted by atomic mass is 127. The normalized spacial score (nSPS) is 12.6. The molecule has 1 heterocycles. The van der Waals surface area contributed by atoms with Crippen LogP contribution in [0.15, 0.2) is 53.7 Å². The van der Waals surface area contributed by atoms with Crippen LogP contribution in [0, 0.1) is 0 Å². The molecule has 0 saturated heterocycles. The van der Waals surface area contributed by atoms with Gasteiger partial charge in [-0.05, 0) is 38.2 Å². The number of hydrogen-bond donors (Lipinski definition) is 1. The van der Waals surface area contributed by atoms with Crippen molar-refractivity contribution in [2.45, 2.75) is 19.0 Å². The summed E-state index contributed by atoms with van der Waals surface area (Å²) in [6, 6.07) is 15.3. The molecule has 1 N–H and O–H groups in total. The Labute approximate surface area is 175 Å². The summed E-state index contributed by atoms with van der Waals surface area (Å²) in [5.41, 5.74) is 2.62. The largest absolute Gasteiger partial charge is 0.355 e. The molecule has 2 aromatic rings. The minimum atomic E-state index is 0. The smallest absolute Gasteiger partial charge is 0.193 e. The molecule has 144 valence electrons. The van der Waals surface area contributed by atoms with Gasteiger partial charge >= 0.3 is 0 Å². The third-order valence-electron chi connectivity index (χ3n) is 4.56. The number of nitrogens with zero attached hydrogens (tertiary/aromatic N) is 4. The molecule has 0 spiro atoms. The molecule has 2 rings (SSSR count). The van der Waals surface area contributed by atoms with Crippen LogP contribution in [0.25, 0.3) is 0 Å². The number of nitrogens with one attached hydrogen (secondary N) is 1. The highest BCUT2D eigenvalue weighted by Gasteiger charge is 2.15. The van der Waals surface area contributed by atoms with Crippen molar-refractivity contribution in [3.63, 3.8) is 0 Å². The van der Waals surface area contributed by atoms with E-state index in [0.29, 0.717) is 6.04 Å². The molecule has 0 aliphatic rings. The van der Waals surface area contributed by atoms with Gasteiger partial charge in [-0.1, -0.05) is 30.3 Å². The molecule has 26 heavy (non-hydrogen) atoms. The number of hydrogen-bond acceptors (Lipinski definition) is 2. The molecular weight excluding hydrogens is 437 g/mol. The molecule has 0 aliphatic carbocycles. The first kappa shape index (κ1) is 22.5. The Morgan fingerprint density at radius 1 is 1.12 bits per heavy atom. The monoisotopic (exact) mass is 469 g/mol. The lowest BCUT2D eigenvalue weighted by Gasteiger charge is -2.28. The van der Waals surface area contributed by atoms with Crippen LogP contribution in [0.5, 0.6) is 0 Å². The molecule has 0 aliphatic heterocycles. The highest BCUT2D eigenvalue weighted by molar-refractivity contribution is 14.0. The van der Waals surface area contributed by atoms with E-state index in [1.165, 1.54) is 11.3 Å². The maximum Gasteiger partial charge on any atom is 0.193 e. The van der Waals surface area contributed by atoms with Crippen molar-refractivity contribution in [2.24, 2.45) is 12.0 Å². The van der Waals surface area contributed by atoms with Crippen LogP contribution in [0.2, 0.25) is 0 Å². The third-order valence-corrected chi connectivity index (χ3v) is 4.56. The number of aryl methyl sites for hydroxylation is 1. The zero-order chi connectivity index (χ0) is 18.2. The fourth-order valence-corrected chi connectivity index (χ4v) is 2.90. The van der Waals surface area contributed by atoms with Crippen LogP contribution in [-0.4, -0.2) is 61.1 Å². The first-order valence-corrected chi connectivity index (χ1v) is 8.73. The maximum absolute atomic E-state index is 4.44. The third kappa shape index (κ3) is 6.64. The summed E-state index contributed by atoms with van der Waals surface area (Å²) in [5, 5.41) is 3.53. The van der Waals surface area contributed by atoms with E-state index in [-0.39, 0.29) is 24.0 Å². The average molecular weight is 469 g/mol. The predicted molar refractivity (Wildman–Crippen MR) is 121 cm³/mol. The van der Waals surface area contributed by atoms with Gasteiger partial charge in [0.1, 0.15) is 0 Å². The molecule has 0 bridgehead atoms. The standard InChI is InChI=1S/C20H31N5.HI/c1-21-20(25(5)16-18-12-9-13-24(18)4)22-15-19(23(2)3)14-17-10-7-6-8-11-17;/h6-13,19H,14-16H2,1-5H3,(H,21,22);1H. The summed E-state index contributed by atoms with van der Waals surface area (Å²) < 4.78 is 2.14. The van der Waals surface area contributed by atoms with E-state index in [2.05, 4.69) is 102 Å². The van der Waals surface area contributed by atoms with Crippen LogP contribution in [0.4, 0.5) is 0 Å². The Kier molecular flexibility index (Phi) is 9.72. The van der Waals surface area contributed by atoms with Crippen molar-refractivity contribution in [2.75, 3.05) is 34.7 Å². The Hall–Kier alpha value is -1.54. The number of rotatable bonds is 7. The lowest BCUT2D eigenvalue weighted by Crippen LogP contribution is -2.46. The van der Waals surface area contributed by atoms with Gasteiger partial charge in [0.25, 0.3) is 0 Å². The lowest BCUT2D eigenvalue weighted by molar-refractivity contribution is 0.287. The minimum Gasteiger partial charge on any atom is -0.355 e. The van der Waals surface area contributed by atoms with Crippen LogP contribution >= 0.6 is 24.0 Å². The summed E-state index contributed by atoms with van der Waals surface area (Å²) in [5.74, 6) is 0.918. The second-order valence-electron chi connectivity index (χ2n) is 6.70. The quantitative estimate of drug-likeness (QED) is 0.385.